The predicted molar refractivity (Wildman–Crippen MR) is 125 cm³/mol. The van der Waals surface area contributed by atoms with Crippen molar-refractivity contribution < 1.29 is 24.5 Å². The molecule has 0 aliphatic carbocycles. The van der Waals surface area contributed by atoms with Crippen molar-refractivity contribution in [2.24, 2.45) is 5.92 Å². The summed E-state index contributed by atoms with van der Waals surface area (Å²) < 4.78 is 6.19. The number of nitrogens with zero attached hydrogens (tertiary/aromatic N) is 4. The third kappa shape index (κ3) is 5.90. The molecular formula is C25H30N4O5. The number of likely N-dealkylation sites (N-methyl/N-ethyl adjacent to an activating group) is 1. The Morgan fingerprint density at radius 3 is 2.71 bits per heavy atom. The van der Waals surface area contributed by atoms with Gasteiger partial charge in [0.25, 0.3) is 11.8 Å². The molecule has 0 fully saturated rings. The molecular weight excluding hydrogens is 436 g/mol. The molecule has 0 bridgehead atoms. The number of hydrogen-bond donors (Lipinski definition) is 2. The molecule has 1 aliphatic heterocycles. The van der Waals surface area contributed by atoms with Gasteiger partial charge in [-0.1, -0.05) is 18.8 Å². The largest absolute Gasteiger partial charge is 0.472 e. The van der Waals surface area contributed by atoms with Crippen molar-refractivity contribution in [1.29, 1.82) is 0 Å². The van der Waals surface area contributed by atoms with Gasteiger partial charge in [-0.25, -0.2) is 4.98 Å². The number of aliphatic hydroxyl groups is 2. The highest BCUT2D eigenvalue weighted by molar-refractivity contribution is 5.97. The van der Waals surface area contributed by atoms with E-state index in [1.165, 1.54) is 6.20 Å². The molecule has 0 unspecified atom stereocenters. The third-order valence-corrected chi connectivity index (χ3v) is 5.67. The van der Waals surface area contributed by atoms with Crippen LogP contribution in [0.25, 0.3) is 0 Å². The summed E-state index contributed by atoms with van der Waals surface area (Å²) >= 11 is 0. The smallest absolute Gasteiger partial charge is 0.259 e. The second-order valence-electron chi connectivity index (χ2n) is 8.57. The summed E-state index contributed by atoms with van der Waals surface area (Å²) in [5.41, 5.74) is 1.20. The maximum atomic E-state index is 13.4. The number of aromatic nitrogens is 2. The predicted octanol–water partition coefficient (Wildman–Crippen LogP) is 1.20. The minimum Gasteiger partial charge on any atom is -0.472 e. The number of rotatable bonds is 5. The van der Waals surface area contributed by atoms with Crippen LogP contribution in [0.4, 0.5) is 0 Å². The van der Waals surface area contributed by atoms with Crippen molar-refractivity contribution >= 4 is 11.8 Å². The van der Waals surface area contributed by atoms with E-state index in [0.717, 1.165) is 0 Å². The molecule has 3 heterocycles. The van der Waals surface area contributed by atoms with Crippen molar-refractivity contribution in [2.45, 2.75) is 39.0 Å². The lowest BCUT2D eigenvalue weighted by Gasteiger charge is -2.37. The van der Waals surface area contributed by atoms with Crippen LogP contribution in [0, 0.1) is 17.8 Å². The Morgan fingerprint density at radius 1 is 1.35 bits per heavy atom. The molecule has 9 nitrogen and oxygen atoms in total. The van der Waals surface area contributed by atoms with Gasteiger partial charge in [-0.15, -0.1) is 0 Å². The number of hydrogen-bond acceptors (Lipinski definition) is 7. The van der Waals surface area contributed by atoms with E-state index in [9.17, 15) is 19.8 Å². The first-order chi connectivity index (χ1) is 16.2. The van der Waals surface area contributed by atoms with Gasteiger partial charge in [0, 0.05) is 49.2 Å². The molecule has 0 spiro atoms. The average Bonchev–Trinajstić information content (AvgIpc) is 2.84. The lowest BCUT2D eigenvalue weighted by atomic mass is 9.99. The summed E-state index contributed by atoms with van der Waals surface area (Å²) in [5.74, 6) is 4.93. The molecule has 2 aromatic heterocycles. The lowest BCUT2D eigenvalue weighted by molar-refractivity contribution is 0.0313. The van der Waals surface area contributed by atoms with Gasteiger partial charge in [0.1, 0.15) is 17.8 Å². The van der Waals surface area contributed by atoms with Crippen LogP contribution in [0.1, 0.15) is 47.1 Å². The second kappa shape index (κ2) is 11.1. The molecule has 1 aliphatic rings. The van der Waals surface area contributed by atoms with Crippen LogP contribution in [-0.4, -0.2) is 86.8 Å². The van der Waals surface area contributed by atoms with Crippen LogP contribution >= 0.6 is 0 Å². The van der Waals surface area contributed by atoms with E-state index in [1.54, 1.807) is 61.3 Å². The first kappa shape index (κ1) is 25.1. The Kier molecular flexibility index (Phi) is 8.21. The Balaban J connectivity index is 1.95. The number of aliphatic hydroxyl groups excluding tert-OH is 2. The van der Waals surface area contributed by atoms with Crippen molar-refractivity contribution in [2.75, 3.05) is 26.7 Å². The van der Waals surface area contributed by atoms with E-state index in [-0.39, 0.29) is 42.3 Å². The summed E-state index contributed by atoms with van der Waals surface area (Å²) in [7, 11) is 1.69. The Bertz CT molecular complexity index is 1080. The lowest BCUT2D eigenvalue weighted by Crippen LogP contribution is -2.50. The summed E-state index contributed by atoms with van der Waals surface area (Å²) in [6.45, 7) is 5.64. The molecule has 2 N–H and O–H groups in total. The topological polar surface area (TPSA) is 116 Å². The van der Waals surface area contributed by atoms with Crippen LogP contribution in [0.5, 0.6) is 5.88 Å². The molecule has 0 radical (unpaired) electrons. The van der Waals surface area contributed by atoms with Gasteiger partial charge in [0.05, 0.1) is 19.2 Å². The zero-order valence-corrected chi connectivity index (χ0v) is 19.8. The minimum absolute atomic E-state index is 0.143. The number of fused-ring (bicyclic) bond motifs is 1. The van der Waals surface area contributed by atoms with Crippen molar-refractivity contribution in [3.63, 3.8) is 0 Å². The zero-order chi connectivity index (χ0) is 24.8. The van der Waals surface area contributed by atoms with Crippen LogP contribution in [0.2, 0.25) is 0 Å². The molecule has 4 atom stereocenters. The Hall–Kier alpha value is -3.48. The first-order valence-corrected chi connectivity index (χ1v) is 11.1. The van der Waals surface area contributed by atoms with E-state index in [4.69, 9.17) is 4.74 Å². The number of pyridine rings is 2. The second-order valence-corrected chi connectivity index (χ2v) is 8.57. The summed E-state index contributed by atoms with van der Waals surface area (Å²) in [5, 5.41) is 19.2. The number of carbonyl (C=O) groups is 2. The molecule has 2 amide bonds. The normalized spacial score (nSPS) is 19.5. The van der Waals surface area contributed by atoms with Crippen LogP contribution in [0.15, 0.2) is 36.8 Å². The number of carbonyl (C=O) groups excluding carboxylic acids is 2. The zero-order valence-electron chi connectivity index (χ0n) is 19.8. The summed E-state index contributed by atoms with van der Waals surface area (Å²) in [6.07, 6.45) is 3.33. The highest BCUT2D eigenvalue weighted by Gasteiger charge is 2.34. The van der Waals surface area contributed by atoms with E-state index in [1.807, 2.05) is 6.92 Å². The van der Waals surface area contributed by atoms with Crippen LogP contribution < -0.4 is 4.74 Å². The van der Waals surface area contributed by atoms with Gasteiger partial charge < -0.3 is 24.7 Å². The van der Waals surface area contributed by atoms with E-state index < -0.39 is 18.2 Å². The summed E-state index contributed by atoms with van der Waals surface area (Å²) in [4.78, 5) is 37.7. The molecule has 34 heavy (non-hydrogen) atoms. The van der Waals surface area contributed by atoms with Crippen molar-refractivity contribution in [1.82, 2.24) is 19.8 Å². The molecule has 9 heteroatoms. The Labute approximate surface area is 199 Å². The molecule has 0 saturated heterocycles. The summed E-state index contributed by atoms with van der Waals surface area (Å²) in [6, 6.07) is 4.45. The molecule has 2 aromatic rings. The monoisotopic (exact) mass is 466 g/mol. The highest BCUT2D eigenvalue weighted by atomic mass is 16.5. The maximum absolute atomic E-state index is 13.4. The van der Waals surface area contributed by atoms with E-state index in [2.05, 4.69) is 21.8 Å². The molecule has 3 rings (SSSR count). The highest BCUT2D eigenvalue weighted by Crippen LogP contribution is 2.27. The Morgan fingerprint density at radius 2 is 2.06 bits per heavy atom. The number of ether oxygens (including phenoxy) is 1. The molecule has 0 saturated carbocycles. The number of amides is 2. The quantitative estimate of drug-likeness (QED) is 0.636. The van der Waals surface area contributed by atoms with Crippen molar-refractivity contribution in [3.05, 3.63) is 53.5 Å². The van der Waals surface area contributed by atoms with Crippen LogP contribution in [-0.2, 0) is 0 Å². The average molecular weight is 467 g/mol. The fourth-order valence-electron chi connectivity index (χ4n) is 3.64. The fourth-order valence-corrected chi connectivity index (χ4v) is 3.64. The molecule has 180 valence electrons. The van der Waals surface area contributed by atoms with Gasteiger partial charge in [0.15, 0.2) is 0 Å². The van der Waals surface area contributed by atoms with Gasteiger partial charge >= 0.3 is 0 Å². The van der Waals surface area contributed by atoms with Gasteiger partial charge in [-0.3, -0.25) is 14.6 Å². The SMILES string of the molecule is C[C@H](O)C#Cc1cnc2c(c1)C(=O)N([C@H](C)CO)C[C@H](C)[C@@H](CN(C)C(=O)c1ccncc1)O2. The van der Waals surface area contributed by atoms with Gasteiger partial charge in [-0.05, 0) is 32.0 Å². The van der Waals surface area contributed by atoms with Gasteiger partial charge in [0.2, 0.25) is 5.88 Å². The third-order valence-electron chi connectivity index (χ3n) is 5.67. The standard InChI is InChI=1S/C25H30N4O5/c1-16-13-29(17(2)15-30)25(33)21-11-19(6-5-18(3)31)12-27-23(21)34-22(16)14-28(4)24(32)20-7-9-26-10-8-20/h7-12,16-18,22,30-31H,13-15H2,1-4H3/t16-,17+,18-,22+/m0/s1. The fraction of sp³-hybridized carbons (Fsp3) is 0.440. The minimum atomic E-state index is -0.821. The van der Waals surface area contributed by atoms with Gasteiger partial charge in [-0.2, -0.15) is 0 Å². The van der Waals surface area contributed by atoms with E-state index >= 15 is 0 Å². The maximum Gasteiger partial charge on any atom is 0.259 e. The first-order valence-electron chi connectivity index (χ1n) is 11.1. The van der Waals surface area contributed by atoms with E-state index in [0.29, 0.717) is 17.7 Å². The van der Waals surface area contributed by atoms with Crippen molar-refractivity contribution in [3.8, 4) is 17.7 Å². The van der Waals surface area contributed by atoms with Crippen LogP contribution in [0.3, 0.4) is 0 Å². The molecule has 0 aromatic carbocycles.